The number of alkyl halides is 3. The van der Waals surface area contributed by atoms with Crippen molar-refractivity contribution in [2.75, 3.05) is 6.61 Å². The third-order valence-corrected chi connectivity index (χ3v) is 4.23. The number of ether oxygens (including phenoxy) is 1. The number of para-hydroxylation sites is 2. The maximum Gasteiger partial charge on any atom is 0.416 e. The number of hydrogen-bond donors (Lipinski definition) is 2. The average molecular weight is 422 g/mol. The quantitative estimate of drug-likeness (QED) is 0.611. The van der Waals surface area contributed by atoms with E-state index in [0.717, 1.165) is 18.2 Å². The smallest absolute Gasteiger partial charge is 0.416 e. The van der Waals surface area contributed by atoms with Gasteiger partial charge in [0, 0.05) is 7.05 Å². The van der Waals surface area contributed by atoms with Gasteiger partial charge in [0.05, 0.1) is 16.6 Å². The van der Waals surface area contributed by atoms with Crippen LogP contribution in [0.25, 0.3) is 11.0 Å². The van der Waals surface area contributed by atoms with E-state index in [4.69, 9.17) is 4.74 Å². The van der Waals surface area contributed by atoms with Crippen molar-refractivity contribution in [1.82, 2.24) is 20.0 Å². The van der Waals surface area contributed by atoms with Crippen LogP contribution in [0.1, 0.15) is 5.56 Å². The maximum absolute atomic E-state index is 12.7. The third-order valence-electron chi connectivity index (χ3n) is 4.23. The largest absolute Gasteiger partial charge is 0.484 e. The van der Waals surface area contributed by atoms with Crippen molar-refractivity contribution < 1.29 is 27.5 Å². The van der Waals surface area contributed by atoms with Crippen molar-refractivity contribution in [2.24, 2.45) is 7.05 Å². The normalized spacial score (nSPS) is 11.3. The number of rotatable bonds is 5. The number of carbonyl (C=O) groups excluding carboxylic acids is 2. The van der Waals surface area contributed by atoms with Crippen molar-refractivity contribution in [3.63, 3.8) is 0 Å². The van der Waals surface area contributed by atoms with Crippen LogP contribution in [0, 0.1) is 0 Å². The highest BCUT2D eigenvalue weighted by molar-refractivity contribution is 5.84. The summed E-state index contributed by atoms with van der Waals surface area (Å²) in [5.74, 6) is -1.60. The van der Waals surface area contributed by atoms with E-state index in [0.29, 0.717) is 11.0 Å². The first kappa shape index (κ1) is 21.0. The summed E-state index contributed by atoms with van der Waals surface area (Å²) in [6, 6.07) is 11.0. The molecule has 2 N–H and O–H groups in total. The average Bonchev–Trinajstić information content (AvgIpc) is 2.95. The summed E-state index contributed by atoms with van der Waals surface area (Å²) in [6.45, 7) is -0.954. The molecule has 0 aliphatic heterocycles. The van der Waals surface area contributed by atoms with E-state index < -0.39 is 35.9 Å². The Hall–Kier alpha value is -3.76. The van der Waals surface area contributed by atoms with Crippen molar-refractivity contribution >= 4 is 22.8 Å². The van der Waals surface area contributed by atoms with Crippen LogP contribution in [0.15, 0.2) is 53.3 Å². The number of carbonyl (C=O) groups is 2. The molecule has 0 saturated heterocycles. The zero-order valence-corrected chi connectivity index (χ0v) is 15.7. The SMILES string of the molecule is Cn1c(=O)n(CC(=O)NNC(=O)COc2cccc(C(F)(F)F)c2)c2ccccc21. The fraction of sp³-hybridized carbons (Fsp3) is 0.211. The Bertz CT molecular complexity index is 1150. The highest BCUT2D eigenvalue weighted by atomic mass is 19.4. The Morgan fingerprint density at radius 2 is 1.67 bits per heavy atom. The molecule has 1 aromatic heterocycles. The minimum Gasteiger partial charge on any atom is -0.484 e. The molecule has 0 aliphatic carbocycles. The fourth-order valence-corrected chi connectivity index (χ4v) is 2.79. The number of halogens is 3. The van der Waals surface area contributed by atoms with Gasteiger partial charge in [-0.05, 0) is 30.3 Å². The van der Waals surface area contributed by atoms with E-state index in [1.54, 1.807) is 31.3 Å². The van der Waals surface area contributed by atoms with Gasteiger partial charge in [0.25, 0.3) is 11.8 Å². The van der Waals surface area contributed by atoms with Gasteiger partial charge in [-0.1, -0.05) is 18.2 Å². The van der Waals surface area contributed by atoms with E-state index in [-0.39, 0.29) is 12.3 Å². The van der Waals surface area contributed by atoms with Crippen LogP contribution in [0.5, 0.6) is 5.75 Å². The summed E-state index contributed by atoms with van der Waals surface area (Å²) in [5.41, 5.74) is 4.12. The van der Waals surface area contributed by atoms with E-state index >= 15 is 0 Å². The van der Waals surface area contributed by atoms with Gasteiger partial charge in [0.2, 0.25) is 0 Å². The summed E-state index contributed by atoms with van der Waals surface area (Å²) in [7, 11) is 1.58. The number of hydrogen-bond acceptors (Lipinski definition) is 4. The Kier molecular flexibility index (Phi) is 5.81. The lowest BCUT2D eigenvalue weighted by Gasteiger charge is -2.11. The number of aryl methyl sites for hydroxylation is 1. The molecule has 8 nitrogen and oxygen atoms in total. The molecule has 2 aromatic carbocycles. The van der Waals surface area contributed by atoms with Gasteiger partial charge in [0.1, 0.15) is 12.3 Å². The maximum atomic E-state index is 12.7. The third kappa shape index (κ3) is 4.62. The number of imidazole rings is 1. The monoisotopic (exact) mass is 422 g/mol. The Morgan fingerprint density at radius 3 is 2.37 bits per heavy atom. The van der Waals surface area contributed by atoms with E-state index in [1.807, 2.05) is 0 Å². The molecule has 1 heterocycles. The van der Waals surface area contributed by atoms with Gasteiger partial charge >= 0.3 is 11.9 Å². The lowest BCUT2D eigenvalue weighted by molar-refractivity contribution is -0.137. The second kappa shape index (κ2) is 8.31. The van der Waals surface area contributed by atoms with E-state index in [1.165, 1.54) is 15.2 Å². The zero-order chi connectivity index (χ0) is 21.9. The van der Waals surface area contributed by atoms with Gasteiger partial charge in [-0.3, -0.25) is 29.6 Å². The molecule has 30 heavy (non-hydrogen) atoms. The number of amides is 2. The first-order chi connectivity index (χ1) is 14.2. The van der Waals surface area contributed by atoms with Crippen molar-refractivity contribution in [2.45, 2.75) is 12.7 Å². The van der Waals surface area contributed by atoms with Crippen LogP contribution >= 0.6 is 0 Å². The molecule has 0 radical (unpaired) electrons. The molecule has 0 spiro atoms. The second-order valence-corrected chi connectivity index (χ2v) is 6.33. The molecular formula is C19H17F3N4O4. The van der Waals surface area contributed by atoms with Crippen molar-refractivity contribution in [1.29, 1.82) is 0 Å². The Balaban J connectivity index is 1.54. The van der Waals surface area contributed by atoms with Crippen molar-refractivity contribution in [3.8, 4) is 5.75 Å². The molecule has 3 aromatic rings. The van der Waals surface area contributed by atoms with E-state index in [9.17, 15) is 27.6 Å². The number of aromatic nitrogens is 2. The molecule has 3 rings (SSSR count). The lowest BCUT2D eigenvalue weighted by atomic mass is 10.2. The van der Waals surface area contributed by atoms with Crippen LogP contribution in [0.3, 0.4) is 0 Å². The van der Waals surface area contributed by atoms with Crippen LogP contribution in [0.4, 0.5) is 13.2 Å². The molecule has 158 valence electrons. The predicted molar refractivity (Wildman–Crippen MR) is 100 cm³/mol. The number of benzene rings is 2. The summed E-state index contributed by atoms with van der Waals surface area (Å²) in [6.07, 6.45) is -4.53. The minimum atomic E-state index is -4.53. The predicted octanol–water partition coefficient (Wildman–Crippen LogP) is 1.59. The first-order valence-corrected chi connectivity index (χ1v) is 8.69. The van der Waals surface area contributed by atoms with Crippen LogP contribution in [0.2, 0.25) is 0 Å². The van der Waals surface area contributed by atoms with Crippen LogP contribution in [-0.2, 0) is 29.4 Å². The molecule has 2 amide bonds. The minimum absolute atomic E-state index is 0.145. The molecule has 0 bridgehead atoms. The molecule has 0 unspecified atom stereocenters. The van der Waals surface area contributed by atoms with Crippen LogP contribution in [-0.4, -0.2) is 27.6 Å². The topological polar surface area (TPSA) is 94.4 Å². The van der Waals surface area contributed by atoms with Gasteiger partial charge in [-0.2, -0.15) is 13.2 Å². The molecule has 0 aliphatic rings. The number of fused-ring (bicyclic) bond motifs is 1. The highest BCUT2D eigenvalue weighted by Crippen LogP contribution is 2.31. The van der Waals surface area contributed by atoms with Crippen LogP contribution < -0.4 is 21.3 Å². The Morgan fingerprint density at radius 1 is 1.00 bits per heavy atom. The first-order valence-electron chi connectivity index (χ1n) is 8.69. The van der Waals surface area contributed by atoms with E-state index in [2.05, 4.69) is 10.9 Å². The van der Waals surface area contributed by atoms with Crippen molar-refractivity contribution in [3.05, 3.63) is 64.6 Å². The van der Waals surface area contributed by atoms with Gasteiger partial charge in [-0.25, -0.2) is 4.79 Å². The second-order valence-electron chi connectivity index (χ2n) is 6.33. The summed E-state index contributed by atoms with van der Waals surface area (Å²) < 4.78 is 45.7. The Labute approximate surface area is 167 Å². The molecule has 11 heteroatoms. The van der Waals surface area contributed by atoms with Gasteiger partial charge < -0.3 is 4.74 Å². The summed E-state index contributed by atoms with van der Waals surface area (Å²) >= 11 is 0. The van der Waals surface area contributed by atoms with Gasteiger partial charge in [0.15, 0.2) is 6.61 Å². The molecule has 0 atom stereocenters. The molecule has 0 saturated carbocycles. The highest BCUT2D eigenvalue weighted by Gasteiger charge is 2.30. The molecular weight excluding hydrogens is 405 g/mol. The lowest BCUT2D eigenvalue weighted by Crippen LogP contribution is -2.45. The summed E-state index contributed by atoms with van der Waals surface area (Å²) in [5, 5.41) is 0. The fourth-order valence-electron chi connectivity index (χ4n) is 2.79. The van der Waals surface area contributed by atoms with Gasteiger partial charge in [-0.15, -0.1) is 0 Å². The number of nitrogens with one attached hydrogen (secondary N) is 2. The number of hydrazine groups is 1. The number of nitrogens with zero attached hydrogens (tertiary/aromatic N) is 2. The zero-order valence-electron chi connectivity index (χ0n) is 15.7. The summed E-state index contributed by atoms with van der Waals surface area (Å²) in [4.78, 5) is 36.2. The molecule has 0 fully saturated rings. The standard InChI is InChI=1S/C19H17F3N4O4/c1-25-14-7-2-3-8-15(14)26(18(25)29)10-16(27)23-24-17(28)11-30-13-6-4-5-12(9-13)19(20,21)22/h2-9H,10-11H2,1H3,(H,23,27)(H,24,28).